The van der Waals surface area contributed by atoms with Gasteiger partial charge in [-0.05, 0) is 60.9 Å². The summed E-state index contributed by atoms with van der Waals surface area (Å²) >= 11 is 12.9. The van der Waals surface area contributed by atoms with E-state index in [1.54, 1.807) is 6.34 Å². The highest BCUT2D eigenvalue weighted by Crippen LogP contribution is 2.42. The molecule has 0 saturated heterocycles. The lowest BCUT2D eigenvalue weighted by molar-refractivity contribution is 0.552. The molecule has 0 heterocycles. The summed E-state index contributed by atoms with van der Waals surface area (Å²) in [6.45, 7) is 2.96. The molecule has 1 fully saturated rings. The Morgan fingerprint density at radius 3 is 2.58 bits per heavy atom. The molecule has 0 N–H and O–H groups in total. The van der Waals surface area contributed by atoms with E-state index in [-0.39, 0.29) is 0 Å². The van der Waals surface area contributed by atoms with Crippen LogP contribution >= 0.6 is 23.2 Å². The second-order valence-corrected chi connectivity index (χ2v) is 7.18. The zero-order valence-electron chi connectivity index (χ0n) is 14.1. The average Bonchev–Trinajstić information content (AvgIpc) is 3.41. The van der Waals surface area contributed by atoms with Crippen LogP contribution in [0.2, 0.25) is 10.0 Å². The highest BCUT2D eigenvalue weighted by Gasteiger charge is 2.25. The highest BCUT2D eigenvalue weighted by molar-refractivity contribution is 6.35. The van der Waals surface area contributed by atoms with Crippen LogP contribution in [-0.4, -0.2) is 24.8 Å². The Labute approximate surface area is 154 Å². The van der Waals surface area contributed by atoms with Crippen LogP contribution in [0.5, 0.6) is 0 Å². The summed E-state index contributed by atoms with van der Waals surface area (Å²) in [5.41, 5.74) is 4.56. The molecule has 0 atom stereocenters. The Balaban J connectivity index is 1.85. The van der Waals surface area contributed by atoms with Gasteiger partial charge >= 0.3 is 0 Å². The Kier molecular flexibility index (Phi) is 5.47. The quantitative estimate of drug-likeness (QED) is 0.450. The molecule has 0 spiro atoms. The summed E-state index contributed by atoms with van der Waals surface area (Å²) in [6, 6.07) is 12.5. The lowest BCUT2D eigenvalue weighted by atomic mass is 9.97. The molecule has 0 aliphatic heterocycles. The zero-order chi connectivity index (χ0) is 17.1. The highest BCUT2D eigenvalue weighted by atomic mass is 35.5. The molecule has 0 amide bonds. The van der Waals surface area contributed by atoms with E-state index in [4.69, 9.17) is 23.2 Å². The lowest BCUT2D eigenvalue weighted by Crippen LogP contribution is -2.14. The van der Waals surface area contributed by atoms with Gasteiger partial charge in [0.1, 0.15) is 0 Å². The van der Waals surface area contributed by atoms with Gasteiger partial charge in [0.2, 0.25) is 0 Å². The van der Waals surface area contributed by atoms with E-state index in [9.17, 15) is 0 Å². The Morgan fingerprint density at radius 2 is 1.88 bits per heavy atom. The first-order valence-corrected chi connectivity index (χ1v) is 9.14. The number of aliphatic imine (C=N–C) groups is 1. The van der Waals surface area contributed by atoms with Crippen LogP contribution in [0.3, 0.4) is 0 Å². The molecule has 1 saturated carbocycles. The third-order valence-electron chi connectivity index (χ3n) is 4.46. The molecule has 0 unspecified atom stereocenters. The molecule has 0 radical (unpaired) electrons. The lowest BCUT2D eigenvalue weighted by Gasteiger charge is -2.12. The standard InChI is InChI=1S/C20H22Cl2N2/c1-3-24(2)13-23-20-12-18(21)16(11-19(20)22)10-15-6-4-5-7-17(15)14-8-9-14/h4-7,11-14H,3,8-10H2,1-2H3/b23-13-. The summed E-state index contributed by atoms with van der Waals surface area (Å²) in [5, 5.41) is 1.36. The molecule has 1 aliphatic rings. The Morgan fingerprint density at radius 1 is 1.12 bits per heavy atom. The fraction of sp³-hybridized carbons (Fsp3) is 0.350. The van der Waals surface area contributed by atoms with Gasteiger partial charge < -0.3 is 4.90 Å². The van der Waals surface area contributed by atoms with Crippen LogP contribution in [0.4, 0.5) is 5.69 Å². The van der Waals surface area contributed by atoms with Crippen molar-refractivity contribution < 1.29 is 0 Å². The molecule has 1 aliphatic carbocycles. The molecular weight excluding hydrogens is 339 g/mol. The van der Waals surface area contributed by atoms with Crippen LogP contribution in [0, 0.1) is 0 Å². The van der Waals surface area contributed by atoms with Crippen molar-refractivity contribution in [2.45, 2.75) is 32.1 Å². The summed E-state index contributed by atoms with van der Waals surface area (Å²) < 4.78 is 0. The maximum Gasteiger partial charge on any atom is 0.0910 e. The molecule has 24 heavy (non-hydrogen) atoms. The molecule has 0 bridgehead atoms. The minimum Gasteiger partial charge on any atom is -0.366 e. The van der Waals surface area contributed by atoms with Crippen molar-refractivity contribution in [3.8, 4) is 0 Å². The molecular formula is C20H22Cl2N2. The van der Waals surface area contributed by atoms with Gasteiger partial charge in [-0.2, -0.15) is 0 Å². The third kappa shape index (κ3) is 4.12. The summed E-state index contributed by atoms with van der Waals surface area (Å²) in [5.74, 6) is 0.726. The number of benzene rings is 2. The first-order valence-electron chi connectivity index (χ1n) is 8.38. The van der Waals surface area contributed by atoms with Crippen LogP contribution in [0.1, 0.15) is 42.4 Å². The van der Waals surface area contributed by atoms with E-state index >= 15 is 0 Å². The molecule has 2 aromatic rings. The van der Waals surface area contributed by atoms with E-state index in [1.165, 1.54) is 24.0 Å². The van der Waals surface area contributed by atoms with Gasteiger partial charge in [0.05, 0.1) is 17.0 Å². The van der Waals surface area contributed by atoms with Crippen LogP contribution < -0.4 is 0 Å². The second kappa shape index (κ2) is 7.58. The van der Waals surface area contributed by atoms with Gasteiger partial charge in [-0.15, -0.1) is 0 Å². The SMILES string of the molecule is CCN(C)/C=N\c1cc(Cl)c(Cc2ccccc2C2CC2)cc1Cl. The summed E-state index contributed by atoms with van der Waals surface area (Å²) in [4.78, 5) is 6.42. The van der Waals surface area contributed by atoms with E-state index in [0.29, 0.717) is 10.7 Å². The largest absolute Gasteiger partial charge is 0.366 e. The predicted molar refractivity (Wildman–Crippen MR) is 104 cm³/mol. The van der Waals surface area contributed by atoms with Crippen molar-refractivity contribution in [2.24, 2.45) is 4.99 Å². The summed E-state index contributed by atoms with van der Waals surface area (Å²) in [6.07, 6.45) is 5.18. The van der Waals surface area contributed by atoms with Crippen molar-refractivity contribution in [1.82, 2.24) is 4.90 Å². The van der Waals surface area contributed by atoms with Gasteiger partial charge in [-0.3, -0.25) is 0 Å². The molecule has 4 heteroatoms. The van der Waals surface area contributed by atoms with Crippen molar-refractivity contribution >= 4 is 35.2 Å². The fourth-order valence-electron chi connectivity index (χ4n) is 2.75. The van der Waals surface area contributed by atoms with Gasteiger partial charge in [0.25, 0.3) is 0 Å². The maximum atomic E-state index is 6.50. The van der Waals surface area contributed by atoms with Crippen molar-refractivity contribution in [1.29, 1.82) is 0 Å². The average molecular weight is 361 g/mol. The number of hydrogen-bond acceptors (Lipinski definition) is 1. The van der Waals surface area contributed by atoms with Crippen molar-refractivity contribution in [3.63, 3.8) is 0 Å². The smallest absolute Gasteiger partial charge is 0.0910 e. The van der Waals surface area contributed by atoms with Crippen LogP contribution in [0.25, 0.3) is 0 Å². The van der Waals surface area contributed by atoms with E-state index in [0.717, 1.165) is 29.5 Å². The molecule has 2 nitrogen and oxygen atoms in total. The predicted octanol–water partition coefficient (Wildman–Crippen LogP) is 6.07. The van der Waals surface area contributed by atoms with Gasteiger partial charge in [-0.1, -0.05) is 47.5 Å². The van der Waals surface area contributed by atoms with Crippen LogP contribution in [0.15, 0.2) is 41.4 Å². The van der Waals surface area contributed by atoms with Gasteiger partial charge in [0, 0.05) is 18.6 Å². The Bertz CT molecular complexity index is 751. The van der Waals surface area contributed by atoms with E-state index in [2.05, 4.69) is 36.2 Å². The minimum atomic E-state index is 0.638. The number of nitrogens with zero attached hydrogens (tertiary/aromatic N) is 2. The van der Waals surface area contributed by atoms with Crippen molar-refractivity contribution in [2.75, 3.05) is 13.6 Å². The summed E-state index contributed by atoms with van der Waals surface area (Å²) in [7, 11) is 1.97. The minimum absolute atomic E-state index is 0.638. The fourth-order valence-corrected chi connectivity index (χ4v) is 3.21. The maximum absolute atomic E-state index is 6.50. The first kappa shape index (κ1) is 17.3. The normalized spacial score (nSPS) is 14.3. The number of hydrogen-bond donors (Lipinski definition) is 0. The van der Waals surface area contributed by atoms with Crippen molar-refractivity contribution in [3.05, 3.63) is 63.1 Å². The van der Waals surface area contributed by atoms with E-state index < -0.39 is 0 Å². The van der Waals surface area contributed by atoms with Gasteiger partial charge in [0.15, 0.2) is 0 Å². The number of halogens is 2. The molecule has 3 rings (SSSR count). The Hall–Kier alpha value is -1.51. The monoisotopic (exact) mass is 360 g/mol. The van der Waals surface area contributed by atoms with E-state index in [1.807, 2.05) is 24.1 Å². The second-order valence-electron chi connectivity index (χ2n) is 6.36. The first-order chi connectivity index (χ1) is 11.6. The third-order valence-corrected chi connectivity index (χ3v) is 5.12. The van der Waals surface area contributed by atoms with Crippen LogP contribution in [-0.2, 0) is 6.42 Å². The molecule has 2 aromatic carbocycles. The molecule has 126 valence electrons. The zero-order valence-corrected chi connectivity index (χ0v) is 15.6. The number of rotatable bonds is 6. The molecule has 0 aromatic heterocycles. The van der Waals surface area contributed by atoms with Gasteiger partial charge in [-0.25, -0.2) is 4.99 Å². The topological polar surface area (TPSA) is 15.6 Å².